The predicted octanol–water partition coefficient (Wildman–Crippen LogP) is 0.0559. The molecular weight excluding hydrogens is 392 g/mol. The molecule has 0 radical (unpaired) electrons. The number of nitrogens with zero attached hydrogens (tertiary/aromatic N) is 4. The molecule has 12 heteroatoms. The molecule has 158 valence electrons. The van der Waals surface area contributed by atoms with Crippen molar-refractivity contribution in [3.05, 3.63) is 41.9 Å². The minimum Gasteiger partial charge on any atom is -0.461 e. The number of hydrazone groups is 2. The lowest BCUT2D eigenvalue weighted by atomic mass is 10.2. The second-order valence-corrected chi connectivity index (χ2v) is 5.97. The Kier molecular flexibility index (Phi) is 7.62. The van der Waals surface area contributed by atoms with Gasteiger partial charge in [-0.05, 0) is 24.6 Å². The maximum absolute atomic E-state index is 12.3. The van der Waals surface area contributed by atoms with Gasteiger partial charge in [-0.2, -0.15) is 10.2 Å². The lowest BCUT2D eigenvalue weighted by molar-refractivity contribution is -0.135. The van der Waals surface area contributed by atoms with Crippen LogP contribution in [0.25, 0.3) is 0 Å². The van der Waals surface area contributed by atoms with Crippen LogP contribution >= 0.6 is 0 Å². The van der Waals surface area contributed by atoms with Gasteiger partial charge in [-0.1, -0.05) is 12.1 Å². The summed E-state index contributed by atoms with van der Waals surface area (Å²) in [6.07, 6.45) is 2.61. The van der Waals surface area contributed by atoms with Crippen LogP contribution in [0.1, 0.15) is 23.0 Å². The second-order valence-electron chi connectivity index (χ2n) is 5.97. The average molecular weight is 414 g/mol. The van der Waals surface area contributed by atoms with Gasteiger partial charge in [0.25, 0.3) is 11.8 Å². The van der Waals surface area contributed by atoms with E-state index in [2.05, 4.69) is 31.0 Å². The highest BCUT2D eigenvalue weighted by Gasteiger charge is 2.23. The van der Waals surface area contributed by atoms with Crippen LogP contribution in [0.15, 0.2) is 40.8 Å². The SMILES string of the molecule is CCOC(=O)/C(=N\Nc1nc[nH]c1C(N)=O)C(=O)N/N=C/c1ccc(N(C)C)cc1. The summed E-state index contributed by atoms with van der Waals surface area (Å²) in [6.45, 7) is 1.61. The van der Waals surface area contributed by atoms with Crippen LogP contribution in [0.2, 0.25) is 0 Å². The van der Waals surface area contributed by atoms with Crippen molar-refractivity contribution in [2.75, 3.05) is 31.0 Å². The van der Waals surface area contributed by atoms with E-state index < -0.39 is 23.5 Å². The molecule has 0 fully saturated rings. The number of hydrogen-bond donors (Lipinski definition) is 4. The summed E-state index contributed by atoms with van der Waals surface area (Å²) in [5.74, 6) is -2.75. The van der Waals surface area contributed by atoms with E-state index in [0.29, 0.717) is 0 Å². The maximum Gasteiger partial charge on any atom is 0.364 e. The summed E-state index contributed by atoms with van der Waals surface area (Å²) in [7, 11) is 3.84. The van der Waals surface area contributed by atoms with Crippen LogP contribution in [0.3, 0.4) is 0 Å². The van der Waals surface area contributed by atoms with Gasteiger partial charge in [0.05, 0.1) is 19.1 Å². The first-order valence-electron chi connectivity index (χ1n) is 8.78. The molecular formula is C18H22N8O4. The van der Waals surface area contributed by atoms with Gasteiger partial charge in [0.1, 0.15) is 5.69 Å². The highest BCUT2D eigenvalue weighted by molar-refractivity contribution is 6.64. The smallest absolute Gasteiger partial charge is 0.364 e. The number of aromatic nitrogens is 2. The highest BCUT2D eigenvalue weighted by Crippen LogP contribution is 2.11. The average Bonchev–Trinajstić information content (AvgIpc) is 3.17. The number of amides is 2. The van der Waals surface area contributed by atoms with E-state index in [1.165, 1.54) is 12.5 Å². The number of benzene rings is 1. The lowest BCUT2D eigenvalue weighted by Crippen LogP contribution is -2.35. The summed E-state index contributed by atoms with van der Waals surface area (Å²) in [5, 5.41) is 7.51. The van der Waals surface area contributed by atoms with Crippen molar-refractivity contribution in [3.8, 4) is 0 Å². The molecule has 0 unspecified atom stereocenters. The summed E-state index contributed by atoms with van der Waals surface area (Å²) in [5.41, 5.74) is 10.8. The van der Waals surface area contributed by atoms with Crippen molar-refractivity contribution in [1.82, 2.24) is 15.4 Å². The fourth-order valence-electron chi connectivity index (χ4n) is 2.14. The molecule has 2 amide bonds. The summed E-state index contributed by atoms with van der Waals surface area (Å²) >= 11 is 0. The number of hydrogen-bond acceptors (Lipinski definition) is 9. The number of aromatic amines is 1. The number of primary amides is 1. The third-order valence-corrected chi connectivity index (χ3v) is 3.63. The predicted molar refractivity (Wildman–Crippen MR) is 111 cm³/mol. The monoisotopic (exact) mass is 414 g/mol. The van der Waals surface area contributed by atoms with Crippen LogP contribution in [0.5, 0.6) is 0 Å². The maximum atomic E-state index is 12.3. The van der Waals surface area contributed by atoms with Gasteiger partial charge in [-0.15, -0.1) is 0 Å². The number of ether oxygens (including phenoxy) is 1. The largest absolute Gasteiger partial charge is 0.461 e. The molecule has 0 aliphatic carbocycles. The van der Waals surface area contributed by atoms with E-state index in [-0.39, 0.29) is 18.1 Å². The normalized spacial score (nSPS) is 11.2. The van der Waals surface area contributed by atoms with Crippen molar-refractivity contribution in [1.29, 1.82) is 0 Å². The quantitative estimate of drug-likeness (QED) is 0.195. The highest BCUT2D eigenvalue weighted by atomic mass is 16.5. The molecule has 0 aliphatic rings. The van der Waals surface area contributed by atoms with E-state index in [0.717, 1.165) is 11.3 Å². The van der Waals surface area contributed by atoms with Crippen molar-refractivity contribution in [2.45, 2.75) is 6.92 Å². The fraction of sp³-hybridized carbons (Fsp3) is 0.222. The zero-order valence-electron chi connectivity index (χ0n) is 16.7. The molecule has 1 aromatic heterocycles. The third-order valence-electron chi connectivity index (χ3n) is 3.63. The van der Waals surface area contributed by atoms with Crippen LogP contribution in [-0.2, 0) is 14.3 Å². The number of H-pyrrole nitrogens is 1. The van der Waals surface area contributed by atoms with Gasteiger partial charge in [-0.3, -0.25) is 15.0 Å². The molecule has 2 aromatic rings. The van der Waals surface area contributed by atoms with Crippen molar-refractivity contribution in [3.63, 3.8) is 0 Å². The van der Waals surface area contributed by atoms with E-state index in [1.807, 2.05) is 43.3 Å². The number of imidazole rings is 1. The Morgan fingerprint density at radius 2 is 1.97 bits per heavy atom. The standard InChI is InChI=1S/C18H22N8O4/c1-4-30-18(29)14(23-24-16-13(15(19)27)20-10-21-16)17(28)25-22-9-11-5-7-12(8-6-11)26(2)3/h5-10,24H,4H2,1-3H3,(H2,19,27)(H,20,21)(H,25,28)/b22-9+,23-14-. The Morgan fingerprint density at radius 1 is 1.27 bits per heavy atom. The number of esters is 1. The number of rotatable bonds is 9. The van der Waals surface area contributed by atoms with Gasteiger partial charge in [0, 0.05) is 19.8 Å². The summed E-state index contributed by atoms with van der Waals surface area (Å²) in [4.78, 5) is 44.0. The second kappa shape index (κ2) is 10.4. The molecule has 0 atom stereocenters. The fourth-order valence-corrected chi connectivity index (χ4v) is 2.14. The molecule has 12 nitrogen and oxygen atoms in total. The Bertz CT molecular complexity index is 963. The van der Waals surface area contributed by atoms with Crippen LogP contribution in [0, 0.1) is 0 Å². The van der Waals surface area contributed by atoms with E-state index in [1.54, 1.807) is 6.92 Å². The first-order chi connectivity index (χ1) is 14.3. The molecule has 2 rings (SSSR count). The molecule has 1 heterocycles. The number of anilines is 2. The Labute approximate surface area is 172 Å². The third kappa shape index (κ3) is 5.89. The molecule has 0 saturated carbocycles. The van der Waals surface area contributed by atoms with E-state index in [4.69, 9.17) is 10.5 Å². The van der Waals surface area contributed by atoms with E-state index >= 15 is 0 Å². The molecule has 1 aromatic carbocycles. The number of nitrogens with one attached hydrogen (secondary N) is 3. The van der Waals surface area contributed by atoms with E-state index in [9.17, 15) is 14.4 Å². The molecule has 0 spiro atoms. The number of nitrogens with two attached hydrogens (primary N) is 1. The zero-order valence-corrected chi connectivity index (χ0v) is 16.7. The van der Waals surface area contributed by atoms with Crippen LogP contribution in [0.4, 0.5) is 11.5 Å². The van der Waals surface area contributed by atoms with Crippen molar-refractivity contribution < 1.29 is 19.1 Å². The number of carbonyl (C=O) groups is 3. The zero-order chi connectivity index (χ0) is 22.1. The first-order valence-corrected chi connectivity index (χ1v) is 8.78. The van der Waals surface area contributed by atoms with Gasteiger partial charge >= 0.3 is 5.97 Å². The van der Waals surface area contributed by atoms with Crippen molar-refractivity contribution in [2.24, 2.45) is 15.9 Å². The molecule has 30 heavy (non-hydrogen) atoms. The minimum absolute atomic E-state index is 0.0293. The van der Waals surface area contributed by atoms with Gasteiger partial charge < -0.3 is 20.4 Å². The lowest BCUT2D eigenvalue weighted by Gasteiger charge is -2.11. The summed E-state index contributed by atoms with van der Waals surface area (Å²) in [6, 6.07) is 7.41. The first kappa shape index (κ1) is 22.1. The Morgan fingerprint density at radius 3 is 2.57 bits per heavy atom. The Hall–Kier alpha value is -4.22. The molecule has 0 aliphatic heterocycles. The van der Waals surface area contributed by atoms with Gasteiger partial charge in [0.15, 0.2) is 5.82 Å². The minimum atomic E-state index is -0.982. The van der Waals surface area contributed by atoms with Gasteiger partial charge in [0.2, 0.25) is 5.71 Å². The van der Waals surface area contributed by atoms with Crippen LogP contribution < -0.4 is 21.5 Å². The molecule has 0 saturated heterocycles. The van der Waals surface area contributed by atoms with Crippen molar-refractivity contribution >= 4 is 41.2 Å². The molecule has 5 N–H and O–H groups in total. The topological polar surface area (TPSA) is 167 Å². The van der Waals surface area contributed by atoms with Gasteiger partial charge in [-0.25, -0.2) is 15.2 Å². The number of carbonyl (C=O) groups excluding carboxylic acids is 3. The molecule has 0 bridgehead atoms. The summed E-state index contributed by atoms with van der Waals surface area (Å²) < 4.78 is 4.83. The Balaban J connectivity index is 2.11. The van der Waals surface area contributed by atoms with Crippen LogP contribution in [-0.4, -0.2) is 60.4 Å².